The van der Waals surface area contributed by atoms with Gasteiger partial charge in [-0.2, -0.15) is 0 Å². The van der Waals surface area contributed by atoms with Crippen molar-refractivity contribution in [3.8, 4) is 0 Å². The van der Waals surface area contributed by atoms with Crippen molar-refractivity contribution in [2.45, 2.75) is 0 Å². The lowest BCUT2D eigenvalue weighted by atomic mass is 10.2. The Hall–Kier alpha value is -1.13. The molecule has 0 aliphatic carbocycles. The largest absolute Gasteiger partial charge is 0.328 e. The second-order valence-electron chi connectivity index (χ2n) is 5.59. The van der Waals surface area contributed by atoms with Gasteiger partial charge in [0.2, 0.25) is 5.91 Å². The quantitative estimate of drug-likeness (QED) is 0.604. The molecule has 0 N–H and O–H groups in total. The van der Waals surface area contributed by atoms with Gasteiger partial charge < -0.3 is 9.38 Å². The van der Waals surface area contributed by atoms with Crippen LogP contribution in [0.5, 0.6) is 0 Å². The normalized spacial score (nSPS) is 18.8. The van der Waals surface area contributed by atoms with Crippen LogP contribution in [0.1, 0.15) is 5.56 Å². The summed E-state index contributed by atoms with van der Waals surface area (Å²) in [6.45, 7) is 3.74. The summed E-state index contributed by atoms with van der Waals surface area (Å²) < 4.78 is 2.05. The Kier molecular flexibility index (Phi) is 4.42. The first-order valence-corrected chi connectivity index (χ1v) is 7.30. The van der Waals surface area contributed by atoms with Crippen LogP contribution in [-0.4, -0.2) is 55.6 Å². The summed E-state index contributed by atoms with van der Waals surface area (Å²) in [5, 5.41) is 0. The van der Waals surface area contributed by atoms with Gasteiger partial charge in [-0.15, -0.1) is 0 Å². The molecule has 1 fully saturated rings. The van der Waals surface area contributed by atoms with E-state index < -0.39 is 0 Å². The molecule has 0 atom stereocenters. The molecule has 2 rings (SSSR count). The molecule has 0 unspecified atom stereocenters. The molecular formula is C15H20BrN2O+. The van der Waals surface area contributed by atoms with E-state index in [9.17, 15) is 4.79 Å². The molecule has 0 bridgehead atoms. The van der Waals surface area contributed by atoms with Crippen LogP contribution >= 0.6 is 15.9 Å². The number of carbonyl (C=O) groups is 1. The Balaban J connectivity index is 1.92. The SMILES string of the molecule is C[N+]1(C)CCN(C(=O)/C=C/c2ccc(Br)cc2)CC1. The van der Waals surface area contributed by atoms with E-state index >= 15 is 0 Å². The van der Waals surface area contributed by atoms with Gasteiger partial charge >= 0.3 is 0 Å². The number of nitrogens with zero attached hydrogens (tertiary/aromatic N) is 2. The Morgan fingerprint density at radius 3 is 2.37 bits per heavy atom. The summed E-state index contributed by atoms with van der Waals surface area (Å²) in [6, 6.07) is 7.93. The Bertz CT molecular complexity index is 469. The van der Waals surface area contributed by atoms with Crippen molar-refractivity contribution in [2.75, 3.05) is 40.3 Å². The lowest BCUT2D eigenvalue weighted by Crippen LogP contribution is -2.55. The molecule has 1 aromatic rings. The standard InChI is InChI=1S/C15H20BrN2O/c1-18(2)11-9-17(10-12-18)15(19)8-5-13-3-6-14(16)7-4-13/h3-8H,9-12H2,1-2H3/q+1/b8-5+. The van der Waals surface area contributed by atoms with Gasteiger partial charge in [0.25, 0.3) is 0 Å². The molecule has 1 aliphatic heterocycles. The Morgan fingerprint density at radius 2 is 1.79 bits per heavy atom. The Labute approximate surface area is 123 Å². The Morgan fingerprint density at radius 1 is 1.21 bits per heavy atom. The van der Waals surface area contributed by atoms with Crippen LogP contribution in [0.3, 0.4) is 0 Å². The van der Waals surface area contributed by atoms with Gasteiger partial charge in [0.15, 0.2) is 0 Å². The van der Waals surface area contributed by atoms with Gasteiger partial charge in [-0.1, -0.05) is 28.1 Å². The topological polar surface area (TPSA) is 20.3 Å². The monoisotopic (exact) mass is 323 g/mol. The van der Waals surface area contributed by atoms with Crippen molar-refractivity contribution < 1.29 is 9.28 Å². The van der Waals surface area contributed by atoms with Crippen LogP contribution in [0.25, 0.3) is 6.08 Å². The predicted molar refractivity (Wildman–Crippen MR) is 81.6 cm³/mol. The molecule has 3 nitrogen and oxygen atoms in total. The van der Waals surface area contributed by atoms with Crippen molar-refractivity contribution in [1.82, 2.24) is 4.90 Å². The highest BCUT2D eigenvalue weighted by Gasteiger charge is 2.25. The zero-order valence-electron chi connectivity index (χ0n) is 11.5. The molecule has 19 heavy (non-hydrogen) atoms. The van der Waals surface area contributed by atoms with Crippen LogP contribution in [0, 0.1) is 0 Å². The van der Waals surface area contributed by atoms with Gasteiger partial charge in [0, 0.05) is 10.5 Å². The number of halogens is 1. The predicted octanol–water partition coefficient (Wildman–Crippen LogP) is 2.38. The zero-order chi connectivity index (χ0) is 13.9. The molecule has 4 heteroatoms. The molecule has 0 saturated carbocycles. The lowest BCUT2D eigenvalue weighted by Gasteiger charge is -2.38. The highest BCUT2D eigenvalue weighted by molar-refractivity contribution is 9.10. The number of hydrogen-bond donors (Lipinski definition) is 0. The number of hydrogen-bond acceptors (Lipinski definition) is 1. The maximum Gasteiger partial charge on any atom is 0.246 e. The summed E-state index contributed by atoms with van der Waals surface area (Å²) in [6.07, 6.45) is 3.55. The molecule has 0 aromatic heterocycles. The first-order chi connectivity index (χ1) is 8.96. The fourth-order valence-electron chi connectivity index (χ4n) is 2.07. The second kappa shape index (κ2) is 5.88. The highest BCUT2D eigenvalue weighted by Crippen LogP contribution is 2.12. The number of amides is 1. The number of quaternary nitrogens is 1. The number of benzene rings is 1. The maximum atomic E-state index is 12.1. The van der Waals surface area contributed by atoms with Crippen LogP contribution in [0.4, 0.5) is 0 Å². The van der Waals surface area contributed by atoms with E-state index in [0.717, 1.165) is 40.7 Å². The van der Waals surface area contributed by atoms with E-state index in [1.165, 1.54) is 0 Å². The molecule has 1 saturated heterocycles. The molecule has 1 amide bonds. The minimum atomic E-state index is 0.114. The van der Waals surface area contributed by atoms with Crippen LogP contribution in [-0.2, 0) is 4.79 Å². The fourth-order valence-corrected chi connectivity index (χ4v) is 2.34. The summed E-state index contributed by atoms with van der Waals surface area (Å²) >= 11 is 3.40. The van der Waals surface area contributed by atoms with Crippen LogP contribution in [0.2, 0.25) is 0 Å². The number of piperazine rings is 1. The van der Waals surface area contributed by atoms with E-state index in [1.807, 2.05) is 35.2 Å². The van der Waals surface area contributed by atoms with Crippen LogP contribution in [0.15, 0.2) is 34.8 Å². The van der Waals surface area contributed by atoms with E-state index in [4.69, 9.17) is 0 Å². The van der Waals surface area contributed by atoms with E-state index in [-0.39, 0.29) is 5.91 Å². The van der Waals surface area contributed by atoms with Gasteiger partial charge in [0.1, 0.15) is 0 Å². The smallest absolute Gasteiger partial charge is 0.246 e. The molecule has 102 valence electrons. The van der Waals surface area contributed by atoms with Crippen molar-refractivity contribution in [3.05, 3.63) is 40.4 Å². The average Bonchev–Trinajstić information content (AvgIpc) is 2.37. The van der Waals surface area contributed by atoms with Crippen molar-refractivity contribution in [3.63, 3.8) is 0 Å². The molecule has 1 aromatic carbocycles. The zero-order valence-corrected chi connectivity index (χ0v) is 13.1. The highest BCUT2D eigenvalue weighted by atomic mass is 79.9. The fraction of sp³-hybridized carbons (Fsp3) is 0.400. The molecule has 1 aliphatic rings. The molecule has 1 heterocycles. The van der Waals surface area contributed by atoms with Crippen molar-refractivity contribution in [1.29, 1.82) is 0 Å². The van der Waals surface area contributed by atoms with Crippen molar-refractivity contribution in [2.24, 2.45) is 0 Å². The first kappa shape index (κ1) is 14.3. The number of carbonyl (C=O) groups excluding carboxylic acids is 1. The van der Waals surface area contributed by atoms with Gasteiger partial charge in [0.05, 0.1) is 40.3 Å². The minimum Gasteiger partial charge on any atom is -0.328 e. The maximum absolute atomic E-state index is 12.1. The summed E-state index contributed by atoms with van der Waals surface area (Å²) in [5.74, 6) is 0.114. The molecular weight excluding hydrogens is 304 g/mol. The number of likely N-dealkylation sites (N-methyl/N-ethyl adjacent to an activating group) is 1. The van der Waals surface area contributed by atoms with Gasteiger partial charge in [-0.3, -0.25) is 4.79 Å². The van der Waals surface area contributed by atoms with Crippen molar-refractivity contribution >= 4 is 27.9 Å². The minimum absolute atomic E-state index is 0.114. The third kappa shape index (κ3) is 4.18. The first-order valence-electron chi connectivity index (χ1n) is 6.51. The second-order valence-corrected chi connectivity index (χ2v) is 6.51. The third-order valence-corrected chi connectivity index (χ3v) is 4.08. The van der Waals surface area contributed by atoms with E-state index in [0.29, 0.717) is 0 Å². The summed E-state index contributed by atoms with van der Waals surface area (Å²) in [4.78, 5) is 14.0. The van der Waals surface area contributed by atoms with Gasteiger partial charge in [-0.05, 0) is 23.8 Å². The number of rotatable bonds is 2. The van der Waals surface area contributed by atoms with Gasteiger partial charge in [-0.25, -0.2) is 0 Å². The molecule has 0 radical (unpaired) electrons. The lowest BCUT2D eigenvalue weighted by molar-refractivity contribution is -0.894. The molecule has 0 spiro atoms. The van der Waals surface area contributed by atoms with E-state index in [1.54, 1.807) is 6.08 Å². The summed E-state index contributed by atoms with van der Waals surface area (Å²) in [5.41, 5.74) is 1.05. The average molecular weight is 324 g/mol. The van der Waals surface area contributed by atoms with Crippen LogP contribution < -0.4 is 0 Å². The van der Waals surface area contributed by atoms with E-state index in [2.05, 4.69) is 30.0 Å². The summed E-state index contributed by atoms with van der Waals surface area (Å²) in [7, 11) is 4.42. The third-order valence-electron chi connectivity index (χ3n) is 3.55.